The van der Waals surface area contributed by atoms with Crippen molar-refractivity contribution in [2.24, 2.45) is 5.73 Å². The Balaban J connectivity index is 3.10. The van der Waals surface area contributed by atoms with Gasteiger partial charge in [0.05, 0.1) is 0 Å². The highest BCUT2D eigenvalue weighted by Crippen LogP contribution is 2.34. The van der Waals surface area contributed by atoms with Crippen molar-refractivity contribution in [3.05, 3.63) is 34.6 Å². The van der Waals surface area contributed by atoms with Gasteiger partial charge in [-0.3, -0.25) is 0 Å². The van der Waals surface area contributed by atoms with Gasteiger partial charge >= 0.3 is 0 Å². The molecule has 1 rings (SSSR count). The Kier molecular flexibility index (Phi) is 4.75. The average molecular weight is 244 g/mol. The van der Waals surface area contributed by atoms with Crippen LogP contribution in [0.2, 0.25) is 5.02 Å². The minimum absolute atomic E-state index is 0.316. The van der Waals surface area contributed by atoms with Crippen molar-refractivity contribution in [3.8, 4) is 0 Å². The van der Waals surface area contributed by atoms with Crippen LogP contribution in [0.4, 0.5) is 4.39 Å². The molecule has 0 bridgehead atoms. The summed E-state index contributed by atoms with van der Waals surface area (Å²) in [5.41, 5.74) is 6.82. The van der Waals surface area contributed by atoms with Crippen LogP contribution in [0.1, 0.15) is 45.1 Å². The lowest BCUT2D eigenvalue weighted by molar-refractivity contribution is 0.369. The monoisotopic (exact) mass is 243 g/mol. The maximum Gasteiger partial charge on any atom is 0.124 e. The van der Waals surface area contributed by atoms with Gasteiger partial charge in [-0.1, -0.05) is 44.4 Å². The smallest absolute Gasteiger partial charge is 0.124 e. The zero-order chi connectivity index (χ0) is 12.2. The molecule has 0 spiro atoms. The van der Waals surface area contributed by atoms with Crippen molar-refractivity contribution < 1.29 is 4.39 Å². The maximum atomic E-state index is 13.0. The van der Waals surface area contributed by atoms with Gasteiger partial charge in [0.1, 0.15) is 5.82 Å². The topological polar surface area (TPSA) is 26.0 Å². The molecule has 0 radical (unpaired) electrons. The van der Waals surface area contributed by atoms with Gasteiger partial charge in [-0.15, -0.1) is 0 Å². The van der Waals surface area contributed by atoms with Crippen LogP contribution in [-0.2, 0) is 5.54 Å². The second kappa shape index (κ2) is 5.65. The zero-order valence-corrected chi connectivity index (χ0v) is 10.6. The van der Waals surface area contributed by atoms with E-state index < -0.39 is 5.54 Å². The molecule has 0 aromatic heterocycles. The highest BCUT2D eigenvalue weighted by molar-refractivity contribution is 6.31. The van der Waals surface area contributed by atoms with Gasteiger partial charge in [0.2, 0.25) is 0 Å². The summed E-state index contributed by atoms with van der Waals surface area (Å²) in [7, 11) is 0. The third kappa shape index (κ3) is 2.96. The molecule has 2 N–H and O–H groups in total. The van der Waals surface area contributed by atoms with E-state index in [2.05, 4.69) is 13.8 Å². The Morgan fingerprint density at radius 3 is 2.25 bits per heavy atom. The molecule has 0 amide bonds. The number of rotatable bonds is 5. The number of hydrogen-bond acceptors (Lipinski definition) is 1. The third-order valence-corrected chi connectivity index (χ3v) is 3.17. The summed E-state index contributed by atoms with van der Waals surface area (Å²) in [6.45, 7) is 4.18. The van der Waals surface area contributed by atoms with Gasteiger partial charge in [-0.25, -0.2) is 4.39 Å². The van der Waals surface area contributed by atoms with Crippen LogP contribution >= 0.6 is 11.6 Å². The highest BCUT2D eigenvalue weighted by atomic mass is 35.5. The molecular weight excluding hydrogens is 225 g/mol. The molecule has 0 saturated heterocycles. The van der Waals surface area contributed by atoms with Gasteiger partial charge in [0.25, 0.3) is 0 Å². The first-order valence-electron chi connectivity index (χ1n) is 5.78. The Morgan fingerprint density at radius 1 is 1.25 bits per heavy atom. The van der Waals surface area contributed by atoms with Crippen molar-refractivity contribution >= 4 is 11.6 Å². The van der Waals surface area contributed by atoms with Crippen LogP contribution in [0.5, 0.6) is 0 Å². The lowest BCUT2D eigenvalue weighted by atomic mass is 9.83. The van der Waals surface area contributed by atoms with Crippen molar-refractivity contribution in [3.63, 3.8) is 0 Å². The number of halogens is 2. The first-order chi connectivity index (χ1) is 7.53. The van der Waals surface area contributed by atoms with E-state index in [1.165, 1.54) is 12.1 Å². The van der Waals surface area contributed by atoms with Crippen LogP contribution in [0.3, 0.4) is 0 Å². The summed E-state index contributed by atoms with van der Waals surface area (Å²) in [5.74, 6) is -0.316. The first kappa shape index (κ1) is 13.5. The van der Waals surface area contributed by atoms with E-state index in [1.807, 2.05) is 0 Å². The molecule has 1 aromatic carbocycles. The molecule has 0 fully saturated rings. The van der Waals surface area contributed by atoms with Crippen molar-refractivity contribution in [1.82, 2.24) is 0 Å². The molecule has 16 heavy (non-hydrogen) atoms. The van der Waals surface area contributed by atoms with Crippen LogP contribution < -0.4 is 5.73 Å². The zero-order valence-electron chi connectivity index (χ0n) is 9.89. The molecule has 0 aliphatic rings. The fourth-order valence-electron chi connectivity index (χ4n) is 2.18. The van der Waals surface area contributed by atoms with E-state index in [0.717, 1.165) is 31.2 Å². The quantitative estimate of drug-likeness (QED) is 0.823. The van der Waals surface area contributed by atoms with E-state index in [4.69, 9.17) is 17.3 Å². The van der Waals surface area contributed by atoms with Gasteiger partial charge in [0.15, 0.2) is 0 Å². The van der Waals surface area contributed by atoms with E-state index in [-0.39, 0.29) is 5.82 Å². The van der Waals surface area contributed by atoms with Crippen LogP contribution in [0, 0.1) is 5.82 Å². The van der Waals surface area contributed by atoms with Crippen molar-refractivity contribution in [1.29, 1.82) is 0 Å². The Hall–Kier alpha value is -0.600. The molecule has 0 aliphatic heterocycles. The molecule has 0 heterocycles. The number of nitrogens with two attached hydrogens (primary N) is 1. The largest absolute Gasteiger partial charge is 0.321 e. The molecule has 3 heteroatoms. The predicted octanol–water partition coefficient (Wildman–Crippen LogP) is 4.23. The summed E-state index contributed by atoms with van der Waals surface area (Å²) < 4.78 is 13.0. The second-order valence-corrected chi connectivity index (χ2v) is 4.69. The van der Waals surface area contributed by atoms with Crippen molar-refractivity contribution in [2.45, 2.75) is 45.1 Å². The molecule has 1 aromatic rings. The molecule has 0 aliphatic carbocycles. The first-order valence-corrected chi connectivity index (χ1v) is 6.15. The number of benzene rings is 1. The number of hydrogen-bond donors (Lipinski definition) is 1. The molecule has 0 atom stereocenters. The van der Waals surface area contributed by atoms with E-state index in [0.29, 0.717) is 5.02 Å². The third-order valence-electron chi connectivity index (χ3n) is 2.86. The molecule has 90 valence electrons. The lowest BCUT2D eigenvalue weighted by Gasteiger charge is -2.30. The Labute approximate surface area is 102 Å². The Morgan fingerprint density at radius 2 is 1.81 bits per heavy atom. The van der Waals surface area contributed by atoms with Crippen LogP contribution in [0.15, 0.2) is 18.2 Å². The van der Waals surface area contributed by atoms with Crippen LogP contribution in [0.25, 0.3) is 0 Å². The SMILES string of the molecule is CCCC(N)(CCC)c1ccc(F)cc1Cl. The van der Waals surface area contributed by atoms with Gasteiger partial charge in [-0.2, -0.15) is 0 Å². The Bertz CT molecular complexity index is 346. The lowest BCUT2D eigenvalue weighted by Crippen LogP contribution is -2.36. The molecule has 0 saturated carbocycles. The van der Waals surface area contributed by atoms with Gasteiger partial charge in [-0.05, 0) is 30.5 Å². The molecule has 1 nitrogen and oxygen atoms in total. The summed E-state index contributed by atoms with van der Waals surface area (Å²) >= 11 is 6.07. The average Bonchev–Trinajstić information content (AvgIpc) is 2.17. The standard InChI is InChI=1S/C13H19ClFN/c1-3-7-13(16,8-4-2)11-6-5-10(15)9-12(11)14/h5-6,9H,3-4,7-8,16H2,1-2H3. The molecule has 0 unspecified atom stereocenters. The van der Waals surface area contributed by atoms with E-state index in [1.54, 1.807) is 6.07 Å². The normalized spacial score (nSPS) is 11.8. The van der Waals surface area contributed by atoms with Crippen LogP contribution in [-0.4, -0.2) is 0 Å². The minimum Gasteiger partial charge on any atom is -0.321 e. The van der Waals surface area contributed by atoms with Crippen molar-refractivity contribution in [2.75, 3.05) is 0 Å². The fraction of sp³-hybridized carbons (Fsp3) is 0.538. The summed E-state index contributed by atoms with van der Waals surface area (Å²) in [6, 6.07) is 4.47. The van der Waals surface area contributed by atoms with Gasteiger partial charge < -0.3 is 5.73 Å². The fourth-order valence-corrected chi connectivity index (χ4v) is 2.54. The summed E-state index contributed by atoms with van der Waals surface area (Å²) in [6.07, 6.45) is 3.72. The summed E-state index contributed by atoms with van der Waals surface area (Å²) in [4.78, 5) is 0. The van der Waals surface area contributed by atoms with Gasteiger partial charge in [0, 0.05) is 10.6 Å². The minimum atomic E-state index is -0.422. The summed E-state index contributed by atoms with van der Waals surface area (Å²) in [5, 5.41) is 0.435. The van der Waals surface area contributed by atoms with E-state index >= 15 is 0 Å². The maximum absolute atomic E-state index is 13.0. The highest BCUT2D eigenvalue weighted by Gasteiger charge is 2.27. The predicted molar refractivity (Wildman–Crippen MR) is 67.1 cm³/mol. The second-order valence-electron chi connectivity index (χ2n) is 4.28. The van der Waals surface area contributed by atoms with E-state index in [9.17, 15) is 4.39 Å². The molecular formula is C13H19ClFN.